The number of pyridine rings is 2. The number of methoxy groups -OCH3 is 1. The zero-order chi connectivity index (χ0) is 21.2. The Bertz CT molecular complexity index is 1160. The maximum Gasteiger partial charge on any atom is 0.118 e. The molecule has 0 spiro atoms. The van der Waals surface area contributed by atoms with Crippen molar-refractivity contribution in [2.45, 2.75) is 12.6 Å². The Morgan fingerprint density at radius 1 is 0.968 bits per heavy atom. The minimum Gasteiger partial charge on any atom is -0.497 e. The molecule has 1 saturated heterocycles. The normalized spacial score (nSPS) is 17.8. The highest BCUT2D eigenvalue weighted by Gasteiger charge is 2.29. The summed E-state index contributed by atoms with van der Waals surface area (Å²) in [6, 6.07) is 16.8. The minimum atomic E-state index is 0.205. The van der Waals surface area contributed by atoms with Gasteiger partial charge in [-0.25, -0.2) is 4.52 Å². The third kappa shape index (κ3) is 4.02. The van der Waals surface area contributed by atoms with Crippen LogP contribution in [0.3, 0.4) is 0 Å². The molecule has 0 radical (unpaired) electrons. The average Bonchev–Trinajstić information content (AvgIpc) is 3.24. The van der Waals surface area contributed by atoms with Crippen LogP contribution in [-0.4, -0.2) is 63.4 Å². The number of benzene rings is 1. The lowest BCUT2D eigenvalue weighted by Crippen LogP contribution is -2.46. The molecule has 0 bridgehead atoms. The molecule has 1 aliphatic rings. The number of fused-ring (bicyclic) bond motifs is 1. The predicted octanol–water partition coefficient (Wildman–Crippen LogP) is 3.29. The Morgan fingerprint density at radius 3 is 2.55 bits per heavy atom. The summed E-state index contributed by atoms with van der Waals surface area (Å²) in [7, 11) is 3.87. The van der Waals surface area contributed by atoms with Crippen molar-refractivity contribution >= 4 is 5.52 Å². The van der Waals surface area contributed by atoms with Gasteiger partial charge in [-0.15, -0.1) is 5.10 Å². The molecular weight excluding hydrogens is 388 g/mol. The van der Waals surface area contributed by atoms with E-state index in [1.807, 2.05) is 35.0 Å². The van der Waals surface area contributed by atoms with Crippen LogP contribution in [0.1, 0.15) is 17.3 Å². The summed E-state index contributed by atoms with van der Waals surface area (Å²) in [5, 5.41) is 9.02. The molecule has 5 rings (SSSR count). The smallest absolute Gasteiger partial charge is 0.118 e. The second kappa shape index (κ2) is 8.45. The van der Waals surface area contributed by atoms with Gasteiger partial charge in [-0.2, -0.15) is 0 Å². The molecule has 3 aromatic heterocycles. The predicted molar refractivity (Wildman–Crippen MR) is 120 cm³/mol. The van der Waals surface area contributed by atoms with Crippen LogP contribution >= 0.6 is 0 Å². The SMILES string of the molecule is COc1ccc(CN2CCN(C)[C@H](c3nnn4cc(-c5ccncc5)ccc34)C2)cc1. The summed E-state index contributed by atoms with van der Waals surface area (Å²) in [4.78, 5) is 8.97. The molecular formula is C24H26N6O. The summed E-state index contributed by atoms with van der Waals surface area (Å²) in [6.07, 6.45) is 5.65. The van der Waals surface area contributed by atoms with Crippen LogP contribution in [0.2, 0.25) is 0 Å². The van der Waals surface area contributed by atoms with Gasteiger partial charge >= 0.3 is 0 Å². The Morgan fingerprint density at radius 2 is 1.77 bits per heavy atom. The van der Waals surface area contributed by atoms with E-state index >= 15 is 0 Å². The summed E-state index contributed by atoms with van der Waals surface area (Å²) in [5.74, 6) is 0.890. The van der Waals surface area contributed by atoms with E-state index in [9.17, 15) is 0 Å². The standard InChI is InChI=1S/C24H26N6O/c1-28-13-14-29(15-18-3-6-21(31-2)7-4-18)17-23(28)24-22-8-5-20(16-30(22)27-26-24)19-9-11-25-12-10-19/h3-12,16,23H,13-15,17H2,1-2H3/t23-/m0/s1. The number of nitrogens with zero attached hydrogens (tertiary/aromatic N) is 6. The van der Waals surface area contributed by atoms with E-state index in [1.165, 1.54) is 5.56 Å². The first-order valence-corrected chi connectivity index (χ1v) is 10.5. The molecule has 0 saturated carbocycles. The van der Waals surface area contributed by atoms with Crippen molar-refractivity contribution in [3.05, 3.63) is 78.4 Å². The molecule has 1 fully saturated rings. The zero-order valence-corrected chi connectivity index (χ0v) is 17.8. The molecule has 7 nitrogen and oxygen atoms in total. The third-order valence-corrected chi connectivity index (χ3v) is 6.07. The molecule has 158 valence electrons. The van der Waals surface area contributed by atoms with Crippen molar-refractivity contribution in [1.29, 1.82) is 0 Å². The number of hydrogen-bond donors (Lipinski definition) is 0. The summed E-state index contributed by atoms with van der Waals surface area (Å²) >= 11 is 0. The fourth-order valence-corrected chi connectivity index (χ4v) is 4.22. The highest BCUT2D eigenvalue weighted by Crippen LogP contribution is 2.28. The molecule has 0 aliphatic carbocycles. The van der Waals surface area contributed by atoms with E-state index in [0.717, 1.165) is 54.3 Å². The monoisotopic (exact) mass is 414 g/mol. The fourth-order valence-electron chi connectivity index (χ4n) is 4.22. The van der Waals surface area contributed by atoms with Gasteiger partial charge in [-0.1, -0.05) is 23.4 Å². The van der Waals surface area contributed by atoms with Crippen molar-refractivity contribution in [3.63, 3.8) is 0 Å². The minimum absolute atomic E-state index is 0.205. The highest BCUT2D eigenvalue weighted by molar-refractivity contribution is 5.65. The number of likely N-dealkylation sites (N-methyl/N-ethyl adjacent to an activating group) is 1. The average molecular weight is 415 g/mol. The van der Waals surface area contributed by atoms with E-state index in [0.29, 0.717) is 0 Å². The molecule has 7 heteroatoms. The van der Waals surface area contributed by atoms with Crippen LogP contribution in [0.15, 0.2) is 67.1 Å². The van der Waals surface area contributed by atoms with Crippen molar-refractivity contribution in [2.24, 2.45) is 0 Å². The van der Waals surface area contributed by atoms with E-state index in [2.05, 4.69) is 56.4 Å². The number of piperazine rings is 1. The third-order valence-electron chi connectivity index (χ3n) is 6.07. The molecule has 4 aromatic rings. The summed E-state index contributed by atoms with van der Waals surface area (Å²) in [5.41, 5.74) is 5.60. The van der Waals surface area contributed by atoms with Gasteiger partial charge in [0.15, 0.2) is 0 Å². The van der Waals surface area contributed by atoms with Crippen LogP contribution in [-0.2, 0) is 6.54 Å². The van der Waals surface area contributed by atoms with Crippen molar-refractivity contribution in [3.8, 4) is 16.9 Å². The first-order chi connectivity index (χ1) is 15.2. The van der Waals surface area contributed by atoms with Crippen molar-refractivity contribution in [2.75, 3.05) is 33.8 Å². The Balaban J connectivity index is 1.37. The maximum atomic E-state index is 5.28. The van der Waals surface area contributed by atoms with Gasteiger partial charge in [-0.3, -0.25) is 14.8 Å². The van der Waals surface area contributed by atoms with Gasteiger partial charge < -0.3 is 4.74 Å². The summed E-state index contributed by atoms with van der Waals surface area (Å²) < 4.78 is 7.17. The largest absolute Gasteiger partial charge is 0.497 e. The summed E-state index contributed by atoms with van der Waals surface area (Å²) in [6.45, 7) is 3.86. The topological polar surface area (TPSA) is 58.8 Å². The molecule has 1 aromatic carbocycles. The molecule has 1 atom stereocenters. The quantitative estimate of drug-likeness (QED) is 0.500. The molecule has 0 unspecified atom stereocenters. The fraction of sp³-hybridized carbons (Fsp3) is 0.292. The zero-order valence-electron chi connectivity index (χ0n) is 17.8. The van der Waals surface area contributed by atoms with Gasteiger partial charge in [-0.05, 0) is 48.5 Å². The van der Waals surface area contributed by atoms with Crippen LogP contribution in [0, 0.1) is 0 Å². The Labute approximate surface area is 181 Å². The van der Waals surface area contributed by atoms with Crippen LogP contribution < -0.4 is 4.74 Å². The molecule has 0 amide bonds. The molecule has 0 N–H and O–H groups in total. The van der Waals surface area contributed by atoms with E-state index in [4.69, 9.17) is 4.74 Å². The number of ether oxygens (including phenoxy) is 1. The second-order valence-electron chi connectivity index (χ2n) is 8.04. The molecule has 31 heavy (non-hydrogen) atoms. The van der Waals surface area contributed by atoms with Crippen molar-refractivity contribution < 1.29 is 4.74 Å². The number of hydrogen-bond acceptors (Lipinski definition) is 6. The molecule has 1 aliphatic heterocycles. The van der Waals surface area contributed by atoms with Gasteiger partial charge in [0, 0.05) is 50.3 Å². The van der Waals surface area contributed by atoms with Gasteiger partial charge in [0.25, 0.3) is 0 Å². The highest BCUT2D eigenvalue weighted by atomic mass is 16.5. The Kier molecular flexibility index (Phi) is 5.36. The second-order valence-corrected chi connectivity index (χ2v) is 8.04. The lowest BCUT2D eigenvalue weighted by Gasteiger charge is -2.38. The van der Waals surface area contributed by atoms with Crippen LogP contribution in [0.4, 0.5) is 0 Å². The van der Waals surface area contributed by atoms with Gasteiger partial charge in [0.2, 0.25) is 0 Å². The first kappa shape index (κ1) is 19.7. The number of rotatable bonds is 5. The Hall–Kier alpha value is -3.29. The number of aromatic nitrogens is 4. The van der Waals surface area contributed by atoms with E-state index in [-0.39, 0.29) is 6.04 Å². The van der Waals surface area contributed by atoms with Crippen molar-refractivity contribution in [1.82, 2.24) is 29.6 Å². The van der Waals surface area contributed by atoms with Gasteiger partial charge in [0.1, 0.15) is 11.4 Å². The first-order valence-electron chi connectivity index (χ1n) is 10.5. The van der Waals surface area contributed by atoms with Crippen LogP contribution in [0.25, 0.3) is 16.6 Å². The lowest BCUT2D eigenvalue weighted by molar-refractivity contribution is 0.0889. The van der Waals surface area contributed by atoms with Gasteiger partial charge in [0.05, 0.1) is 18.7 Å². The van der Waals surface area contributed by atoms with Crippen LogP contribution in [0.5, 0.6) is 5.75 Å². The maximum absolute atomic E-state index is 5.28. The van der Waals surface area contributed by atoms with E-state index in [1.54, 1.807) is 19.5 Å². The lowest BCUT2D eigenvalue weighted by atomic mass is 10.1. The van der Waals surface area contributed by atoms with E-state index < -0.39 is 0 Å². The molecule has 4 heterocycles.